The summed E-state index contributed by atoms with van der Waals surface area (Å²) < 4.78 is 11.1. The van der Waals surface area contributed by atoms with E-state index in [0.717, 1.165) is 46.1 Å². The van der Waals surface area contributed by atoms with E-state index in [4.69, 9.17) is 9.47 Å². The van der Waals surface area contributed by atoms with Gasteiger partial charge < -0.3 is 20.1 Å². The van der Waals surface area contributed by atoms with Gasteiger partial charge in [-0.1, -0.05) is 26.0 Å². The first kappa shape index (κ1) is 18.4. The minimum absolute atomic E-state index is 0.0782. The van der Waals surface area contributed by atoms with Crippen LogP contribution >= 0.6 is 0 Å². The number of ketones is 1. The lowest BCUT2D eigenvalue weighted by Gasteiger charge is -2.34. The van der Waals surface area contributed by atoms with E-state index in [0.29, 0.717) is 6.42 Å². The molecule has 146 valence electrons. The van der Waals surface area contributed by atoms with Gasteiger partial charge in [-0.3, -0.25) is 4.79 Å². The predicted molar refractivity (Wildman–Crippen MR) is 111 cm³/mol. The van der Waals surface area contributed by atoms with Gasteiger partial charge in [0.15, 0.2) is 5.78 Å². The molecule has 28 heavy (non-hydrogen) atoms. The number of Topliss-reactive ketones (excluding diaryl/α,β-unsaturated/α-hetero) is 1. The van der Waals surface area contributed by atoms with E-state index in [1.807, 2.05) is 42.5 Å². The third kappa shape index (κ3) is 3.21. The molecule has 0 amide bonds. The number of methoxy groups -OCH3 is 2. The Labute approximate surface area is 165 Å². The van der Waals surface area contributed by atoms with Crippen molar-refractivity contribution in [2.24, 2.45) is 5.41 Å². The molecule has 1 atom stereocenters. The highest BCUT2D eigenvalue weighted by atomic mass is 16.5. The van der Waals surface area contributed by atoms with Crippen molar-refractivity contribution < 1.29 is 14.3 Å². The summed E-state index contributed by atoms with van der Waals surface area (Å²) >= 11 is 0. The van der Waals surface area contributed by atoms with Crippen molar-refractivity contribution in [3.8, 4) is 11.5 Å². The molecule has 4 rings (SSSR count). The third-order valence-corrected chi connectivity index (χ3v) is 5.47. The highest BCUT2D eigenvalue weighted by molar-refractivity contribution is 6.01. The fourth-order valence-electron chi connectivity index (χ4n) is 4.19. The highest BCUT2D eigenvalue weighted by Gasteiger charge is 2.39. The number of ether oxygens (including phenoxy) is 2. The number of carbonyl (C=O) groups excluding carboxylic acids is 1. The molecule has 2 aromatic carbocycles. The van der Waals surface area contributed by atoms with E-state index in [2.05, 4.69) is 24.5 Å². The lowest BCUT2D eigenvalue weighted by atomic mass is 9.73. The first-order valence-corrected chi connectivity index (χ1v) is 9.52. The summed E-state index contributed by atoms with van der Waals surface area (Å²) in [6, 6.07) is 13.4. The molecule has 5 nitrogen and oxygen atoms in total. The van der Waals surface area contributed by atoms with Crippen molar-refractivity contribution in [2.75, 3.05) is 24.9 Å². The second kappa shape index (κ2) is 6.89. The molecule has 2 N–H and O–H groups in total. The first-order chi connectivity index (χ1) is 13.4. The molecule has 1 heterocycles. The van der Waals surface area contributed by atoms with Crippen molar-refractivity contribution in [1.29, 1.82) is 0 Å². The first-order valence-electron chi connectivity index (χ1n) is 9.52. The molecule has 0 bridgehead atoms. The number of para-hydroxylation sites is 2. The quantitative estimate of drug-likeness (QED) is 0.793. The molecule has 1 aliphatic carbocycles. The maximum Gasteiger partial charge on any atom is 0.163 e. The van der Waals surface area contributed by atoms with Crippen LogP contribution in [-0.4, -0.2) is 20.0 Å². The smallest absolute Gasteiger partial charge is 0.163 e. The standard InChI is InChI=1S/C23H26N2O3/c1-23(2)12-18-21(19(26)13-23)22(25-17-8-6-5-7-16(17)24-18)15-11-14(27-3)9-10-20(15)28-4/h5-11,22,24-25H,12-13H2,1-4H3/t22-/m0/s1. The molecule has 0 saturated carbocycles. The van der Waals surface area contributed by atoms with Crippen LogP contribution in [-0.2, 0) is 4.79 Å². The molecular weight excluding hydrogens is 352 g/mol. The minimum atomic E-state index is -0.320. The maximum absolute atomic E-state index is 13.3. The Kier molecular flexibility index (Phi) is 4.53. The molecule has 2 aliphatic rings. The van der Waals surface area contributed by atoms with E-state index in [-0.39, 0.29) is 17.2 Å². The molecule has 1 aliphatic heterocycles. The van der Waals surface area contributed by atoms with Gasteiger partial charge in [0.1, 0.15) is 11.5 Å². The van der Waals surface area contributed by atoms with E-state index >= 15 is 0 Å². The molecule has 5 heteroatoms. The zero-order valence-corrected chi connectivity index (χ0v) is 16.8. The van der Waals surface area contributed by atoms with Crippen LogP contribution in [0.15, 0.2) is 53.7 Å². The van der Waals surface area contributed by atoms with Crippen molar-refractivity contribution in [2.45, 2.75) is 32.7 Å². The van der Waals surface area contributed by atoms with E-state index < -0.39 is 0 Å². The number of carbonyl (C=O) groups is 1. The Morgan fingerprint density at radius 1 is 1.00 bits per heavy atom. The van der Waals surface area contributed by atoms with Crippen LogP contribution in [0, 0.1) is 5.41 Å². The van der Waals surface area contributed by atoms with Crippen molar-refractivity contribution in [1.82, 2.24) is 0 Å². The normalized spacial score (nSPS) is 20.3. The number of allylic oxidation sites excluding steroid dienone is 1. The van der Waals surface area contributed by atoms with Gasteiger partial charge in [0.2, 0.25) is 0 Å². The number of fused-ring (bicyclic) bond motifs is 1. The van der Waals surface area contributed by atoms with Crippen LogP contribution in [0.4, 0.5) is 11.4 Å². The molecule has 0 aromatic heterocycles. The molecule has 0 unspecified atom stereocenters. The Balaban J connectivity index is 1.93. The summed E-state index contributed by atoms with van der Waals surface area (Å²) in [5, 5.41) is 7.12. The molecule has 0 saturated heterocycles. The number of anilines is 2. The summed E-state index contributed by atoms with van der Waals surface area (Å²) in [4.78, 5) is 13.3. The number of benzene rings is 2. The summed E-state index contributed by atoms with van der Waals surface area (Å²) in [5.41, 5.74) is 4.50. The number of rotatable bonds is 3. The van der Waals surface area contributed by atoms with Crippen molar-refractivity contribution >= 4 is 17.2 Å². The Morgan fingerprint density at radius 3 is 2.46 bits per heavy atom. The summed E-state index contributed by atoms with van der Waals surface area (Å²) in [6.07, 6.45) is 1.33. The molecular formula is C23H26N2O3. The number of hydrogen-bond donors (Lipinski definition) is 2. The zero-order chi connectivity index (χ0) is 19.9. The predicted octanol–water partition coefficient (Wildman–Crippen LogP) is 4.93. The molecule has 0 fully saturated rings. The average Bonchev–Trinajstić information content (AvgIpc) is 2.82. The van der Waals surface area contributed by atoms with Crippen LogP contribution in [0.25, 0.3) is 0 Å². The molecule has 2 aromatic rings. The molecule has 0 spiro atoms. The van der Waals surface area contributed by atoms with Crippen LogP contribution < -0.4 is 20.1 Å². The van der Waals surface area contributed by atoms with Crippen LogP contribution in [0.3, 0.4) is 0 Å². The van der Waals surface area contributed by atoms with Crippen LogP contribution in [0.5, 0.6) is 11.5 Å². The highest BCUT2D eigenvalue weighted by Crippen LogP contribution is 2.47. The van der Waals surface area contributed by atoms with Crippen LogP contribution in [0.1, 0.15) is 38.3 Å². The average molecular weight is 378 g/mol. The fraction of sp³-hybridized carbons (Fsp3) is 0.348. The lowest BCUT2D eigenvalue weighted by molar-refractivity contribution is -0.118. The SMILES string of the molecule is COc1ccc(OC)c([C@@H]2Nc3ccccc3NC3=C2C(=O)CC(C)(C)C3)c1. The van der Waals surface area contributed by atoms with Crippen molar-refractivity contribution in [3.05, 3.63) is 59.3 Å². The van der Waals surface area contributed by atoms with Gasteiger partial charge in [-0.2, -0.15) is 0 Å². The van der Waals surface area contributed by atoms with Gasteiger partial charge in [-0.05, 0) is 42.2 Å². The monoisotopic (exact) mass is 378 g/mol. The van der Waals surface area contributed by atoms with Crippen LogP contribution in [0.2, 0.25) is 0 Å². The zero-order valence-electron chi connectivity index (χ0n) is 16.8. The van der Waals surface area contributed by atoms with Gasteiger partial charge >= 0.3 is 0 Å². The summed E-state index contributed by atoms with van der Waals surface area (Å²) in [5.74, 6) is 1.62. The Morgan fingerprint density at radius 2 is 1.75 bits per heavy atom. The topological polar surface area (TPSA) is 59.6 Å². The van der Waals surface area contributed by atoms with Gasteiger partial charge in [-0.15, -0.1) is 0 Å². The minimum Gasteiger partial charge on any atom is -0.497 e. The third-order valence-electron chi connectivity index (χ3n) is 5.47. The maximum atomic E-state index is 13.3. The number of hydrogen-bond acceptors (Lipinski definition) is 5. The lowest BCUT2D eigenvalue weighted by Crippen LogP contribution is -2.31. The van der Waals surface area contributed by atoms with Gasteiger partial charge in [0.25, 0.3) is 0 Å². The van der Waals surface area contributed by atoms with Gasteiger partial charge in [-0.25, -0.2) is 0 Å². The second-order valence-corrected chi connectivity index (χ2v) is 8.19. The molecule has 0 radical (unpaired) electrons. The van der Waals surface area contributed by atoms with E-state index in [9.17, 15) is 4.79 Å². The Hall–Kier alpha value is -2.95. The Bertz CT molecular complexity index is 962. The number of nitrogens with one attached hydrogen (secondary N) is 2. The largest absolute Gasteiger partial charge is 0.497 e. The fourth-order valence-corrected chi connectivity index (χ4v) is 4.19. The van der Waals surface area contributed by atoms with Crippen molar-refractivity contribution in [3.63, 3.8) is 0 Å². The van der Waals surface area contributed by atoms with E-state index in [1.54, 1.807) is 14.2 Å². The second-order valence-electron chi connectivity index (χ2n) is 8.19. The van der Waals surface area contributed by atoms with E-state index in [1.165, 1.54) is 0 Å². The van der Waals surface area contributed by atoms with Gasteiger partial charge in [0.05, 0.1) is 31.6 Å². The summed E-state index contributed by atoms with van der Waals surface area (Å²) in [6.45, 7) is 4.28. The summed E-state index contributed by atoms with van der Waals surface area (Å²) in [7, 11) is 3.29. The van der Waals surface area contributed by atoms with Gasteiger partial charge in [0, 0.05) is 23.3 Å².